The third-order valence-electron chi connectivity index (χ3n) is 3.22. The minimum atomic E-state index is -0.100. The number of nitrogens with zero attached hydrogens (tertiary/aromatic N) is 1. The van der Waals surface area contributed by atoms with E-state index in [0.29, 0.717) is 18.0 Å². The first kappa shape index (κ1) is 14.8. The number of carbonyl (C=O) groups is 1. The summed E-state index contributed by atoms with van der Waals surface area (Å²) in [4.78, 5) is 16.2. The standard InChI is InChI=1S/C16H19N3O2/c1-11-8-13(5-6-14(11)17-2)16(20)19-10-12-4-7-15(21-3)18-9-12/h4-9,17H,10H2,1-3H3,(H,19,20). The third-order valence-corrected chi connectivity index (χ3v) is 3.22. The Morgan fingerprint density at radius 3 is 2.67 bits per heavy atom. The highest BCUT2D eigenvalue weighted by Gasteiger charge is 2.07. The van der Waals surface area contributed by atoms with Crippen molar-refractivity contribution in [1.82, 2.24) is 10.3 Å². The SMILES string of the molecule is CNc1ccc(C(=O)NCc2ccc(OC)nc2)cc1C. The maximum Gasteiger partial charge on any atom is 0.251 e. The van der Waals surface area contributed by atoms with Crippen molar-refractivity contribution in [3.05, 3.63) is 53.2 Å². The molecule has 2 N–H and O–H groups in total. The molecule has 2 rings (SSSR count). The van der Waals surface area contributed by atoms with Crippen LogP contribution in [-0.2, 0) is 6.54 Å². The lowest BCUT2D eigenvalue weighted by molar-refractivity contribution is 0.0951. The highest BCUT2D eigenvalue weighted by Crippen LogP contribution is 2.15. The Balaban J connectivity index is 1.99. The summed E-state index contributed by atoms with van der Waals surface area (Å²) in [6.45, 7) is 2.40. The highest BCUT2D eigenvalue weighted by molar-refractivity contribution is 5.94. The van der Waals surface area contributed by atoms with Crippen LogP contribution in [0.2, 0.25) is 0 Å². The van der Waals surface area contributed by atoms with Crippen molar-refractivity contribution in [2.24, 2.45) is 0 Å². The van der Waals surface area contributed by atoms with Crippen molar-refractivity contribution < 1.29 is 9.53 Å². The minimum Gasteiger partial charge on any atom is -0.481 e. The molecule has 0 spiro atoms. The van der Waals surface area contributed by atoms with E-state index < -0.39 is 0 Å². The molecule has 0 saturated carbocycles. The molecule has 5 nitrogen and oxygen atoms in total. The summed E-state index contributed by atoms with van der Waals surface area (Å²) in [6, 6.07) is 9.22. The Morgan fingerprint density at radius 1 is 1.29 bits per heavy atom. The number of methoxy groups -OCH3 is 1. The van der Waals surface area contributed by atoms with Crippen LogP contribution in [0.3, 0.4) is 0 Å². The van der Waals surface area contributed by atoms with E-state index in [1.165, 1.54) is 0 Å². The van der Waals surface area contributed by atoms with Gasteiger partial charge in [0.05, 0.1) is 7.11 Å². The first-order valence-electron chi connectivity index (χ1n) is 6.69. The van der Waals surface area contributed by atoms with Crippen molar-refractivity contribution >= 4 is 11.6 Å². The smallest absolute Gasteiger partial charge is 0.251 e. The van der Waals surface area contributed by atoms with E-state index in [1.54, 1.807) is 25.4 Å². The first-order chi connectivity index (χ1) is 10.1. The van der Waals surface area contributed by atoms with E-state index in [2.05, 4.69) is 15.6 Å². The summed E-state index contributed by atoms with van der Waals surface area (Å²) in [5.41, 5.74) is 3.63. The van der Waals surface area contributed by atoms with Crippen LogP contribution in [-0.4, -0.2) is 25.0 Å². The molecule has 0 aliphatic heterocycles. The zero-order valence-corrected chi connectivity index (χ0v) is 12.4. The van der Waals surface area contributed by atoms with Crippen LogP contribution in [0.4, 0.5) is 5.69 Å². The molecule has 0 bridgehead atoms. The summed E-state index contributed by atoms with van der Waals surface area (Å²) in [5, 5.41) is 5.96. The van der Waals surface area contributed by atoms with E-state index in [1.807, 2.05) is 32.2 Å². The van der Waals surface area contributed by atoms with Gasteiger partial charge in [0.1, 0.15) is 0 Å². The fourth-order valence-electron chi connectivity index (χ4n) is 2.01. The lowest BCUT2D eigenvalue weighted by atomic mass is 10.1. The number of hydrogen-bond acceptors (Lipinski definition) is 4. The Labute approximate surface area is 124 Å². The van der Waals surface area contributed by atoms with Crippen molar-refractivity contribution in [3.8, 4) is 5.88 Å². The Bertz CT molecular complexity index is 624. The molecule has 0 aliphatic rings. The van der Waals surface area contributed by atoms with Gasteiger partial charge in [-0.15, -0.1) is 0 Å². The van der Waals surface area contributed by atoms with Gasteiger partial charge in [-0.25, -0.2) is 4.98 Å². The monoisotopic (exact) mass is 285 g/mol. The molecule has 110 valence electrons. The van der Waals surface area contributed by atoms with Crippen LogP contribution in [0.15, 0.2) is 36.5 Å². The van der Waals surface area contributed by atoms with Crippen LogP contribution in [0.5, 0.6) is 5.88 Å². The molecule has 0 radical (unpaired) electrons. The number of anilines is 1. The van der Waals surface area contributed by atoms with E-state index >= 15 is 0 Å². The van der Waals surface area contributed by atoms with Gasteiger partial charge in [-0.2, -0.15) is 0 Å². The average Bonchev–Trinajstić information content (AvgIpc) is 2.53. The van der Waals surface area contributed by atoms with Gasteiger partial charge in [0.2, 0.25) is 5.88 Å². The van der Waals surface area contributed by atoms with Crippen LogP contribution >= 0.6 is 0 Å². The maximum atomic E-state index is 12.1. The van der Waals surface area contributed by atoms with Gasteiger partial charge >= 0.3 is 0 Å². The molecule has 0 unspecified atom stereocenters. The second kappa shape index (κ2) is 6.74. The number of ether oxygens (including phenoxy) is 1. The molecular formula is C16H19N3O2. The number of aromatic nitrogens is 1. The molecule has 0 fully saturated rings. The fourth-order valence-corrected chi connectivity index (χ4v) is 2.01. The number of amides is 1. The maximum absolute atomic E-state index is 12.1. The molecule has 0 saturated heterocycles. The number of carbonyl (C=O) groups excluding carboxylic acids is 1. The number of benzene rings is 1. The van der Waals surface area contributed by atoms with Gasteiger partial charge in [-0.05, 0) is 36.2 Å². The van der Waals surface area contributed by atoms with Gasteiger partial charge in [0.15, 0.2) is 0 Å². The van der Waals surface area contributed by atoms with E-state index in [9.17, 15) is 4.79 Å². The average molecular weight is 285 g/mol. The zero-order chi connectivity index (χ0) is 15.2. The molecule has 1 aromatic carbocycles. The van der Waals surface area contributed by atoms with Crippen LogP contribution in [0.1, 0.15) is 21.5 Å². The summed E-state index contributed by atoms with van der Waals surface area (Å²) in [6.07, 6.45) is 1.69. The molecule has 5 heteroatoms. The first-order valence-corrected chi connectivity index (χ1v) is 6.69. The summed E-state index contributed by atoms with van der Waals surface area (Å²) in [5.74, 6) is 0.458. The molecule has 0 atom stereocenters. The number of hydrogen-bond donors (Lipinski definition) is 2. The Hall–Kier alpha value is -2.56. The second-order valence-corrected chi connectivity index (χ2v) is 4.67. The number of pyridine rings is 1. The van der Waals surface area contributed by atoms with Crippen LogP contribution < -0.4 is 15.4 Å². The lowest BCUT2D eigenvalue weighted by Crippen LogP contribution is -2.23. The predicted octanol–water partition coefficient (Wildman–Crippen LogP) is 2.37. The topological polar surface area (TPSA) is 63.2 Å². The van der Waals surface area contributed by atoms with Crippen molar-refractivity contribution in [1.29, 1.82) is 0 Å². The van der Waals surface area contributed by atoms with E-state index in [4.69, 9.17) is 4.74 Å². The third kappa shape index (κ3) is 3.72. The quantitative estimate of drug-likeness (QED) is 0.885. The highest BCUT2D eigenvalue weighted by atomic mass is 16.5. The van der Waals surface area contributed by atoms with Crippen molar-refractivity contribution in [2.45, 2.75) is 13.5 Å². The molecule has 1 aromatic heterocycles. The van der Waals surface area contributed by atoms with Gasteiger partial charge in [0, 0.05) is 37.1 Å². The largest absolute Gasteiger partial charge is 0.481 e. The van der Waals surface area contributed by atoms with Crippen molar-refractivity contribution in [2.75, 3.05) is 19.5 Å². The molecule has 0 aliphatic carbocycles. The van der Waals surface area contributed by atoms with Gasteiger partial charge in [-0.1, -0.05) is 6.07 Å². The fraction of sp³-hybridized carbons (Fsp3) is 0.250. The molecule has 1 heterocycles. The lowest BCUT2D eigenvalue weighted by Gasteiger charge is -2.09. The summed E-state index contributed by atoms with van der Waals surface area (Å²) >= 11 is 0. The predicted molar refractivity (Wildman–Crippen MR) is 82.7 cm³/mol. The molecular weight excluding hydrogens is 266 g/mol. The second-order valence-electron chi connectivity index (χ2n) is 4.67. The molecule has 1 amide bonds. The number of rotatable bonds is 5. The Kier molecular flexibility index (Phi) is 4.77. The van der Waals surface area contributed by atoms with E-state index in [0.717, 1.165) is 16.8 Å². The molecule has 21 heavy (non-hydrogen) atoms. The van der Waals surface area contributed by atoms with E-state index in [-0.39, 0.29) is 5.91 Å². The zero-order valence-electron chi connectivity index (χ0n) is 12.4. The van der Waals surface area contributed by atoms with Crippen molar-refractivity contribution in [3.63, 3.8) is 0 Å². The van der Waals surface area contributed by atoms with Crippen LogP contribution in [0, 0.1) is 6.92 Å². The Morgan fingerprint density at radius 2 is 2.10 bits per heavy atom. The number of aryl methyl sites for hydroxylation is 1. The number of nitrogens with one attached hydrogen (secondary N) is 2. The summed E-state index contributed by atoms with van der Waals surface area (Å²) < 4.78 is 4.99. The normalized spacial score (nSPS) is 10.0. The van der Waals surface area contributed by atoms with Gasteiger partial charge in [-0.3, -0.25) is 4.79 Å². The van der Waals surface area contributed by atoms with Gasteiger partial charge < -0.3 is 15.4 Å². The summed E-state index contributed by atoms with van der Waals surface area (Å²) in [7, 11) is 3.43. The van der Waals surface area contributed by atoms with Crippen LogP contribution in [0.25, 0.3) is 0 Å². The molecule has 2 aromatic rings. The minimum absolute atomic E-state index is 0.100. The van der Waals surface area contributed by atoms with Gasteiger partial charge in [0.25, 0.3) is 5.91 Å².